The summed E-state index contributed by atoms with van der Waals surface area (Å²) in [6.07, 6.45) is 2.16. The van der Waals surface area contributed by atoms with Crippen molar-refractivity contribution >= 4 is 5.82 Å². The lowest BCUT2D eigenvalue weighted by Crippen LogP contribution is -2.36. The van der Waals surface area contributed by atoms with E-state index in [1.165, 1.54) is 6.20 Å². The van der Waals surface area contributed by atoms with Crippen LogP contribution in [-0.4, -0.2) is 28.6 Å². The van der Waals surface area contributed by atoms with E-state index >= 15 is 0 Å². The number of hydrogen-bond donors (Lipinski definition) is 1. The maximum Gasteiger partial charge on any atom is 0.406 e. The summed E-state index contributed by atoms with van der Waals surface area (Å²) in [5.74, 6) is -0.0143. The Morgan fingerprint density at radius 3 is 2.83 bits per heavy atom. The van der Waals surface area contributed by atoms with Crippen molar-refractivity contribution in [1.29, 1.82) is 0 Å². The van der Waals surface area contributed by atoms with Gasteiger partial charge in [0.2, 0.25) is 5.75 Å². The molecule has 0 aliphatic rings. The highest BCUT2D eigenvalue weighted by Gasteiger charge is 2.15. The minimum absolute atomic E-state index is 0.0697. The van der Waals surface area contributed by atoms with E-state index in [-0.39, 0.29) is 17.1 Å². The van der Waals surface area contributed by atoms with E-state index in [9.17, 15) is 10.1 Å². The molecule has 0 spiro atoms. The highest BCUT2D eigenvalue weighted by Crippen LogP contribution is 2.22. The maximum atomic E-state index is 10.7. The summed E-state index contributed by atoms with van der Waals surface area (Å²) >= 11 is 0. The lowest BCUT2D eigenvalue weighted by Gasteiger charge is -2.20. The summed E-state index contributed by atoms with van der Waals surface area (Å²) in [7, 11) is 0. The molecule has 0 amide bonds. The summed E-state index contributed by atoms with van der Waals surface area (Å²) < 4.78 is 5.37. The SMILES string of the molecule is CC(C)(C)NCCCOc1cccnc1[N+](=O)[O-]. The molecule has 0 saturated carbocycles. The van der Waals surface area contributed by atoms with E-state index in [4.69, 9.17) is 4.74 Å². The Balaban J connectivity index is 2.38. The van der Waals surface area contributed by atoms with Crippen molar-refractivity contribution in [2.45, 2.75) is 32.7 Å². The normalized spacial score (nSPS) is 11.3. The van der Waals surface area contributed by atoms with Gasteiger partial charge in [0.1, 0.15) is 6.20 Å². The average Bonchev–Trinajstić information content (AvgIpc) is 2.27. The second-order valence-electron chi connectivity index (χ2n) is 4.96. The fourth-order valence-electron chi connectivity index (χ4n) is 1.35. The second kappa shape index (κ2) is 6.30. The molecule has 0 aromatic carbocycles. The predicted octanol–water partition coefficient (Wildman–Crippen LogP) is 2.15. The fraction of sp³-hybridized carbons (Fsp3) is 0.583. The van der Waals surface area contributed by atoms with E-state index in [1.54, 1.807) is 12.1 Å². The van der Waals surface area contributed by atoms with Crippen LogP contribution in [0.25, 0.3) is 0 Å². The molecular formula is C12H19N3O3. The molecule has 1 rings (SSSR count). The Kier molecular flexibility index (Phi) is 5.03. The highest BCUT2D eigenvalue weighted by molar-refractivity contribution is 5.38. The van der Waals surface area contributed by atoms with Crippen molar-refractivity contribution in [3.63, 3.8) is 0 Å². The molecule has 6 nitrogen and oxygen atoms in total. The molecule has 1 aromatic heterocycles. The smallest absolute Gasteiger partial charge is 0.406 e. The van der Waals surface area contributed by atoms with Crippen LogP contribution in [0.2, 0.25) is 0 Å². The molecule has 0 radical (unpaired) electrons. The lowest BCUT2D eigenvalue weighted by molar-refractivity contribution is -0.390. The van der Waals surface area contributed by atoms with Crippen molar-refractivity contribution in [2.75, 3.05) is 13.2 Å². The number of hydrogen-bond acceptors (Lipinski definition) is 5. The Labute approximate surface area is 107 Å². The summed E-state index contributed by atoms with van der Waals surface area (Å²) in [6, 6.07) is 3.18. The Morgan fingerprint density at radius 2 is 2.22 bits per heavy atom. The van der Waals surface area contributed by atoms with Crippen molar-refractivity contribution in [2.24, 2.45) is 0 Å². The van der Waals surface area contributed by atoms with E-state index in [2.05, 4.69) is 31.1 Å². The van der Waals surface area contributed by atoms with Crippen molar-refractivity contribution in [1.82, 2.24) is 10.3 Å². The molecule has 1 N–H and O–H groups in total. The third-order valence-electron chi connectivity index (χ3n) is 2.16. The van der Waals surface area contributed by atoms with E-state index in [0.717, 1.165) is 13.0 Å². The van der Waals surface area contributed by atoms with Crippen LogP contribution in [0.4, 0.5) is 5.82 Å². The molecule has 0 aliphatic heterocycles. The molecule has 1 heterocycles. The first-order valence-corrected chi connectivity index (χ1v) is 5.87. The molecule has 0 atom stereocenters. The van der Waals surface area contributed by atoms with Crippen LogP contribution in [-0.2, 0) is 0 Å². The first-order valence-electron chi connectivity index (χ1n) is 5.87. The molecule has 0 unspecified atom stereocenters. The summed E-state index contributed by atoms with van der Waals surface area (Å²) in [6.45, 7) is 7.48. The maximum absolute atomic E-state index is 10.7. The molecule has 6 heteroatoms. The van der Waals surface area contributed by atoms with Gasteiger partial charge in [-0.25, -0.2) is 0 Å². The topological polar surface area (TPSA) is 77.3 Å². The average molecular weight is 253 g/mol. The first-order chi connectivity index (χ1) is 8.40. The molecule has 0 fully saturated rings. The van der Waals surface area contributed by atoms with Gasteiger partial charge in [0.25, 0.3) is 0 Å². The van der Waals surface area contributed by atoms with Crippen LogP contribution in [0.15, 0.2) is 18.3 Å². The zero-order valence-corrected chi connectivity index (χ0v) is 11.0. The first kappa shape index (κ1) is 14.4. The van der Waals surface area contributed by atoms with Crippen LogP contribution in [0.5, 0.6) is 5.75 Å². The zero-order chi connectivity index (χ0) is 13.6. The molecular weight excluding hydrogens is 234 g/mol. The number of ether oxygens (including phenoxy) is 1. The van der Waals surface area contributed by atoms with Gasteiger partial charge in [0, 0.05) is 5.54 Å². The van der Waals surface area contributed by atoms with Gasteiger partial charge in [-0.1, -0.05) is 0 Å². The third kappa shape index (κ3) is 5.09. The number of aromatic nitrogens is 1. The standard InChI is InChI=1S/C12H19N3O3/c1-12(2,3)14-8-5-9-18-10-6-4-7-13-11(10)15(16)17/h4,6-7,14H,5,8-9H2,1-3H3. The quantitative estimate of drug-likeness (QED) is 0.477. The summed E-state index contributed by atoms with van der Waals surface area (Å²) in [5.41, 5.74) is 0.0697. The minimum atomic E-state index is -0.539. The van der Waals surface area contributed by atoms with Crippen molar-refractivity contribution < 1.29 is 9.66 Å². The largest absolute Gasteiger partial charge is 0.486 e. The number of nitro groups is 1. The number of rotatable bonds is 6. The molecule has 0 aliphatic carbocycles. The Morgan fingerprint density at radius 1 is 1.50 bits per heavy atom. The number of nitrogens with one attached hydrogen (secondary N) is 1. The van der Waals surface area contributed by atoms with Gasteiger partial charge in [-0.05, 0) is 55.8 Å². The van der Waals surface area contributed by atoms with Crippen molar-refractivity contribution in [3.8, 4) is 5.75 Å². The van der Waals surface area contributed by atoms with Crippen LogP contribution >= 0.6 is 0 Å². The minimum Gasteiger partial charge on any atom is -0.486 e. The Bertz CT molecular complexity index is 402. The highest BCUT2D eigenvalue weighted by atomic mass is 16.6. The lowest BCUT2D eigenvalue weighted by atomic mass is 10.1. The molecule has 0 bridgehead atoms. The second-order valence-corrected chi connectivity index (χ2v) is 4.96. The van der Waals surface area contributed by atoms with Gasteiger partial charge >= 0.3 is 5.82 Å². The van der Waals surface area contributed by atoms with E-state index in [1.807, 2.05) is 0 Å². The molecule has 0 saturated heterocycles. The zero-order valence-electron chi connectivity index (χ0n) is 11.0. The molecule has 18 heavy (non-hydrogen) atoms. The van der Waals surface area contributed by atoms with Gasteiger partial charge in [-0.15, -0.1) is 0 Å². The van der Waals surface area contributed by atoms with Gasteiger partial charge in [0.05, 0.1) is 6.61 Å². The van der Waals surface area contributed by atoms with Crippen molar-refractivity contribution in [3.05, 3.63) is 28.4 Å². The van der Waals surface area contributed by atoms with Gasteiger partial charge < -0.3 is 20.2 Å². The molecule has 1 aromatic rings. The number of pyridine rings is 1. The fourth-order valence-corrected chi connectivity index (χ4v) is 1.35. The summed E-state index contributed by atoms with van der Waals surface area (Å²) in [4.78, 5) is 13.8. The van der Waals surface area contributed by atoms with E-state index in [0.29, 0.717) is 6.61 Å². The third-order valence-corrected chi connectivity index (χ3v) is 2.16. The predicted molar refractivity (Wildman–Crippen MR) is 68.8 cm³/mol. The van der Waals surface area contributed by atoms with E-state index < -0.39 is 4.92 Å². The Hall–Kier alpha value is -1.69. The van der Waals surface area contributed by atoms with Crippen LogP contribution in [0, 0.1) is 10.1 Å². The van der Waals surface area contributed by atoms with Gasteiger partial charge in [0.15, 0.2) is 0 Å². The van der Waals surface area contributed by atoms with Gasteiger partial charge in [-0.3, -0.25) is 0 Å². The molecule has 100 valence electrons. The number of nitrogens with zero attached hydrogens (tertiary/aromatic N) is 2. The van der Waals surface area contributed by atoms with Gasteiger partial charge in [-0.2, -0.15) is 0 Å². The van der Waals surface area contributed by atoms with Crippen LogP contribution in [0.1, 0.15) is 27.2 Å². The van der Waals surface area contributed by atoms with Crippen LogP contribution < -0.4 is 10.1 Å². The monoisotopic (exact) mass is 253 g/mol. The van der Waals surface area contributed by atoms with Crippen LogP contribution in [0.3, 0.4) is 0 Å². The summed E-state index contributed by atoms with van der Waals surface area (Å²) in [5, 5.41) is 14.0.